The smallest absolute Gasteiger partial charge is 0.243 e. The summed E-state index contributed by atoms with van der Waals surface area (Å²) in [6.45, 7) is 2.88. The van der Waals surface area contributed by atoms with Crippen molar-refractivity contribution in [2.45, 2.75) is 38.8 Å². The molecule has 4 N–H and O–H groups in total. The molecule has 0 bridgehead atoms. The van der Waals surface area contributed by atoms with Gasteiger partial charge >= 0.3 is 0 Å². The largest absolute Gasteiger partial charge is 0.368 e. The summed E-state index contributed by atoms with van der Waals surface area (Å²) in [5, 5.41) is 13.7. The van der Waals surface area contributed by atoms with Crippen LogP contribution in [0.3, 0.4) is 0 Å². The van der Waals surface area contributed by atoms with Gasteiger partial charge in [0.25, 0.3) is 0 Å². The van der Waals surface area contributed by atoms with E-state index in [0.29, 0.717) is 5.56 Å². The maximum atomic E-state index is 13.0. The Kier molecular flexibility index (Phi) is 7.53. The summed E-state index contributed by atoms with van der Waals surface area (Å²) in [6.07, 6.45) is 0.153. The highest BCUT2D eigenvalue weighted by Gasteiger charge is 2.28. The lowest BCUT2D eigenvalue weighted by Gasteiger charge is -2.24. The highest BCUT2D eigenvalue weighted by atomic mass is 19.1. The molecule has 1 rings (SSSR count). The zero-order valence-electron chi connectivity index (χ0n) is 14.1. The maximum Gasteiger partial charge on any atom is 0.243 e. The van der Waals surface area contributed by atoms with Crippen molar-refractivity contribution in [2.75, 3.05) is 0 Å². The predicted octanol–water partition coefficient (Wildman–Crippen LogP) is 0.393. The molecule has 0 radical (unpaired) electrons. The van der Waals surface area contributed by atoms with E-state index in [0.717, 1.165) is 0 Å². The monoisotopic (exact) mass is 348 g/mol. The SMILES string of the molecule is CC(=O)N[C@@H](Cc1ccc(F)cc1)C(=O)N[C@H](C(N)=O)[C@@H](C)CC#N. The van der Waals surface area contributed by atoms with Crippen molar-refractivity contribution in [3.63, 3.8) is 0 Å². The molecule has 0 heterocycles. The molecule has 0 aliphatic carbocycles. The van der Waals surface area contributed by atoms with Crippen molar-refractivity contribution in [3.8, 4) is 6.07 Å². The fourth-order valence-corrected chi connectivity index (χ4v) is 2.32. The van der Waals surface area contributed by atoms with E-state index in [-0.39, 0.29) is 12.8 Å². The van der Waals surface area contributed by atoms with E-state index in [9.17, 15) is 18.8 Å². The number of nitrogens with zero attached hydrogens (tertiary/aromatic N) is 1. The molecule has 8 heteroatoms. The van der Waals surface area contributed by atoms with Crippen LogP contribution >= 0.6 is 0 Å². The van der Waals surface area contributed by atoms with Crippen LogP contribution in [0, 0.1) is 23.1 Å². The summed E-state index contributed by atoms with van der Waals surface area (Å²) in [5.74, 6) is -2.69. The number of nitrogens with one attached hydrogen (secondary N) is 2. The number of benzene rings is 1. The van der Waals surface area contributed by atoms with Gasteiger partial charge in [0.05, 0.1) is 6.07 Å². The number of halogens is 1. The molecule has 0 aliphatic heterocycles. The number of rotatable bonds is 8. The molecule has 0 aromatic heterocycles. The minimum Gasteiger partial charge on any atom is -0.368 e. The molecule has 0 unspecified atom stereocenters. The molecule has 1 aromatic rings. The van der Waals surface area contributed by atoms with Crippen molar-refractivity contribution in [3.05, 3.63) is 35.6 Å². The second-order valence-electron chi connectivity index (χ2n) is 5.81. The molecule has 7 nitrogen and oxygen atoms in total. The zero-order chi connectivity index (χ0) is 19.0. The normalized spacial score (nSPS) is 13.8. The summed E-state index contributed by atoms with van der Waals surface area (Å²) in [4.78, 5) is 35.4. The van der Waals surface area contributed by atoms with Gasteiger partial charge in [0.1, 0.15) is 17.9 Å². The first kappa shape index (κ1) is 20.1. The van der Waals surface area contributed by atoms with Crippen LogP contribution in [0.25, 0.3) is 0 Å². The van der Waals surface area contributed by atoms with Crippen molar-refractivity contribution < 1.29 is 18.8 Å². The van der Waals surface area contributed by atoms with Crippen LogP contribution in [0.4, 0.5) is 4.39 Å². The lowest BCUT2D eigenvalue weighted by Crippen LogP contribution is -2.55. The van der Waals surface area contributed by atoms with Gasteiger partial charge in [-0.2, -0.15) is 5.26 Å². The van der Waals surface area contributed by atoms with Gasteiger partial charge < -0.3 is 16.4 Å². The highest BCUT2D eigenvalue weighted by molar-refractivity contribution is 5.91. The van der Waals surface area contributed by atoms with Crippen LogP contribution in [0.15, 0.2) is 24.3 Å². The number of nitrogens with two attached hydrogens (primary N) is 1. The van der Waals surface area contributed by atoms with Crippen molar-refractivity contribution >= 4 is 17.7 Å². The third-order valence-electron chi connectivity index (χ3n) is 3.63. The van der Waals surface area contributed by atoms with Gasteiger partial charge in [0, 0.05) is 19.8 Å². The van der Waals surface area contributed by atoms with Gasteiger partial charge in [-0.3, -0.25) is 14.4 Å². The molecule has 0 saturated carbocycles. The Hall–Kier alpha value is -2.95. The Morgan fingerprint density at radius 1 is 1.24 bits per heavy atom. The number of amides is 3. The topological polar surface area (TPSA) is 125 Å². The fraction of sp³-hybridized carbons (Fsp3) is 0.412. The molecule has 25 heavy (non-hydrogen) atoms. The zero-order valence-corrected chi connectivity index (χ0v) is 14.1. The summed E-state index contributed by atoms with van der Waals surface area (Å²) < 4.78 is 13.0. The Morgan fingerprint density at radius 3 is 2.32 bits per heavy atom. The van der Waals surface area contributed by atoms with Crippen LogP contribution in [-0.2, 0) is 20.8 Å². The molecule has 0 aliphatic rings. The highest BCUT2D eigenvalue weighted by Crippen LogP contribution is 2.10. The van der Waals surface area contributed by atoms with E-state index in [4.69, 9.17) is 11.0 Å². The fourth-order valence-electron chi connectivity index (χ4n) is 2.32. The maximum absolute atomic E-state index is 13.0. The molecule has 0 fully saturated rings. The van der Waals surface area contributed by atoms with E-state index >= 15 is 0 Å². The first-order valence-electron chi connectivity index (χ1n) is 7.72. The summed E-state index contributed by atoms with van der Waals surface area (Å²) in [5.41, 5.74) is 5.93. The van der Waals surface area contributed by atoms with Crippen molar-refractivity contribution in [2.24, 2.45) is 11.7 Å². The lowest BCUT2D eigenvalue weighted by atomic mass is 9.97. The molecule has 134 valence electrons. The van der Waals surface area contributed by atoms with Gasteiger partial charge in [-0.1, -0.05) is 19.1 Å². The van der Waals surface area contributed by atoms with Crippen LogP contribution in [0.1, 0.15) is 25.8 Å². The first-order valence-corrected chi connectivity index (χ1v) is 7.72. The number of hydrogen-bond donors (Lipinski definition) is 3. The molecule has 3 amide bonds. The standard InChI is InChI=1S/C17H21FN4O3/c1-10(7-8-19)15(16(20)24)22-17(25)14(21-11(2)23)9-12-3-5-13(18)6-4-12/h3-6,10,14-15H,7,9H2,1-2H3,(H2,20,24)(H,21,23)(H,22,25)/t10-,14-,15-/m0/s1. The van der Waals surface area contributed by atoms with E-state index < -0.39 is 41.5 Å². The second-order valence-corrected chi connectivity index (χ2v) is 5.81. The van der Waals surface area contributed by atoms with Gasteiger partial charge in [0.15, 0.2) is 0 Å². The van der Waals surface area contributed by atoms with Gasteiger partial charge in [-0.05, 0) is 23.6 Å². The Labute approximate surface area is 145 Å². The average molecular weight is 348 g/mol. The Morgan fingerprint density at radius 2 is 1.84 bits per heavy atom. The van der Waals surface area contributed by atoms with E-state index in [1.54, 1.807) is 6.92 Å². The van der Waals surface area contributed by atoms with Crippen molar-refractivity contribution in [1.82, 2.24) is 10.6 Å². The van der Waals surface area contributed by atoms with Gasteiger partial charge in [-0.15, -0.1) is 0 Å². The first-order chi connectivity index (χ1) is 11.7. The van der Waals surface area contributed by atoms with Crippen LogP contribution in [-0.4, -0.2) is 29.8 Å². The van der Waals surface area contributed by atoms with E-state index in [2.05, 4.69) is 10.6 Å². The number of primary amides is 1. The van der Waals surface area contributed by atoms with E-state index in [1.165, 1.54) is 31.2 Å². The third-order valence-corrected chi connectivity index (χ3v) is 3.63. The van der Waals surface area contributed by atoms with Crippen LogP contribution < -0.4 is 16.4 Å². The Balaban J connectivity index is 2.91. The minimum absolute atomic E-state index is 0.0383. The summed E-state index contributed by atoms with van der Waals surface area (Å²) in [6, 6.07) is 5.43. The summed E-state index contributed by atoms with van der Waals surface area (Å²) >= 11 is 0. The Bertz CT molecular complexity index is 669. The van der Waals surface area contributed by atoms with Gasteiger partial charge in [-0.25, -0.2) is 4.39 Å². The minimum atomic E-state index is -1.03. The molecular formula is C17H21FN4O3. The van der Waals surface area contributed by atoms with Crippen LogP contribution in [0.2, 0.25) is 0 Å². The molecule has 1 aromatic carbocycles. The molecule has 3 atom stereocenters. The van der Waals surface area contributed by atoms with Crippen molar-refractivity contribution in [1.29, 1.82) is 5.26 Å². The van der Waals surface area contributed by atoms with Crippen LogP contribution in [0.5, 0.6) is 0 Å². The number of carbonyl (C=O) groups excluding carboxylic acids is 3. The molecular weight excluding hydrogens is 327 g/mol. The number of hydrogen-bond acceptors (Lipinski definition) is 4. The van der Waals surface area contributed by atoms with E-state index in [1.807, 2.05) is 6.07 Å². The molecule has 0 spiro atoms. The number of nitriles is 1. The third kappa shape index (κ3) is 6.59. The predicted molar refractivity (Wildman–Crippen MR) is 88.2 cm³/mol. The molecule has 0 saturated heterocycles. The average Bonchev–Trinajstić information content (AvgIpc) is 2.53. The lowest BCUT2D eigenvalue weighted by molar-refractivity contribution is -0.131. The van der Waals surface area contributed by atoms with Gasteiger partial charge in [0.2, 0.25) is 17.7 Å². The number of carbonyl (C=O) groups is 3. The second kappa shape index (κ2) is 9.37. The quantitative estimate of drug-likeness (QED) is 0.628. The summed E-state index contributed by atoms with van der Waals surface area (Å²) in [7, 11) is 0.